The molecule has 1 saturated heterocycles. The fourth-order valence-electron chi connectivity index (χ4n) is 4.69. The zero-order valence-electron chi connectivity index (χ0n) is 19.9. The summed E-state index contributed by atoms with van der Waals surface area (Å²) in [7, 11) is 0. The highest BCUT2D eigenvalue weighted by Crippen LogP contribution is 2.32. The molecule has 3 amide bonds. The van der Waals surface area contributed by atoms with Gasteiger partial charge in [-0.15, -0.1) is 0 Å². The molecule has 5 atom stereocenters. The Bertz CT molecular complexity index is 1410. The first-order valence-corrected chi connectivity index (χ1v) is 11.8. The van der Waals surface area contributed by atoms with Gasteiger partial charge >= 0.3 is 5.69 Å². The fourth-order valence-corrected chi connectivity index (χ4v) is 4.69. The molecule has 2 aromatic carbocycles. The minimum absolute atomic E-state index is 0.0269. The van der Waals surface area contributed by atoms with Crippen molar-refractivity contribution < 1.29 is 34.4 Å². The van der Waals surface area contributed by atoms with Crippen molar-refractivity contribution in [2.75, 3.05) is 11.9 Å². The lowest BCUT2D eigenvalue weighted by molar-refractivity contribution is -0.142. The minimum atomic E-state index is -1.60. The second-order valence-corrected chi connectivity index (χ2v) is 8.98. The number of ether oxygens (including phenoxy) is 1. The number of anilines is 1. The molecule has 1 aromatic heterocycles. The molecular formula is C26H24N4O8. The maximum atomic E-state index is 13.5. The van der Waals surface area contributed by atoms with Gasteiger partial charge < -0.3 is 25.4 Å². The predicted octanol–water partition coefficient (Wildman–Crippen LogP) is -0.0941. The summed E-state index contributed by atoms with van der Waals surface area (Å²) in [5.74, 6) is -3.06. The van der Waals surface area contributed by atoms with Crippen LogP contribution in [0.1, 0.15) is 32.5 Å². The van der Waals surface area contributed by atoms with Gasteiger partial charge in [-0.25, -0.2) is 4.79 Å². The summed E-state index contributed by atoms with van der Waals surface area (Å²) < 4.78 is 6.16. The first-order valence-electron chi connectivity index (χ1n) is 11.8. The number of hydrogen-bond acceptors (Lipinski definition) is 9. The van der Waals surface area contributed by atoms with E-state index >= 15 is 0 Å². The lowest BCUT2D eigenvalue weighted by atomic mass is 10.0. The number of carbonyl (C=O) groups excluding carboxylic acids is 3. The van der Waals surface area contributed by atoms with E-state index in [0.717, 1.165) is 9.47 Å². The van der Waals surface area contributed by atoms with E-state index in [0.29, 0.717) is 5.56 Å². The number of fused-ring (bicyclic) bond motifs is 1. The molecule has 12 nitrogen and oxygen atoms in total. The van der Waals surface area contributed by atoms with Crippen LogP contribution in [0.3, 0.4) is 0 Å². The van der Waals surface area contributed by atoms with Crippen molar-refractivity contribution >= 4 is 23.5 Å². The Kier molecular flexibility index (Phi) is 6.87. The summed E-state index contributed by atoms with van der Waals surface area (Å²) in [6, 6.07) is 15.2. The zero-order chi connectivity index (χ0) is 27.0. The third kappa shape index (κ3) is 4.50. The molecule has 1 unspecified atom stereocenters. The molecule has 2 aliphatic rings. The minimum Gasteiger partial charge on any atom is -0.396 e. The Hall–Kier alpha value is -4.23. The van der Waals surface area contributed by atoms with Gasteiger partial charge in [0.25, 0.3) is 11.8 Å². The van der Waals surface area contributed by atoms with E-state index in [9.17, 15) is 34.5 Å². The van der Waals surface area contributed by atoms with Gasteiger partial charge in [0.2, 0.25) is 5.91 Å². The number of aliphatic hydroxyl groups excluding tert-OH is 3. The van der Waals surface area contributed by atoms with E-state index in [-0.39, 0.29) is 23.4 Å². The second kappa shape index (κ2) is 10.3. The summed E-state index contributed by atoms with van der Waals surface area (Å²) in [6.07, 6.45) is -2.92. The van der Waals surface area contributed by atoms with Gasteiger partial charge in [0, 0.05) is 12.6 Å². The number of nitrogens with zero attached hydrogens (tertiary/aromatic N) is 3. The van der Waals surface area contributed by atoms with Crippen LogP contribution in [0.2, 0.25) is 0 Å². The van der Waals surface area contributed by atoms with Gasteiger partial charge in [-0.3, -0.25) is 23.9 Å². The average Bonchev–Trinajstić information content (AvgIpc) is 3.34. The molecule has 4 N–H and O–H groups in total. The molecule has 12 heteroatoms. The molecule has 0 aliphatic carbocycles. The molecule has 0 bridgehead atoms. The summed E-state index contributed by atoms with van der Waals surface area (Å²) in [6.45, 7) is -0.560. The third-order valence-electron chi connectivity index (χ3n) is 6.65. The van der Waals surface area contributed by atoms with Gasteiger partial charge in [0.15, 0.2) is 6.29 Å². The summed E-state index contributed by atoms with van der Waals surface area (Å²) >= 11 is 0. The Balaban J connectivity index is 1.42. The normalized spacial score (nSPS) is 23.4. The van der Waals surface area contributed by atoms with Crippen LogP contribution in [0.25, 0.3) is 0 Å². The van der Waals surface area contributed by atoms with Crippen molar-refractivity contribution in [1.82, 2.24) is 14.5 Å². The number of hydrogen-bond donors (Lipinski definition) is 4. The lowest BCUT2D eigenvalue weighted by Gasteiger charge is -2.25. The van der Waals surface area contributed by atoms with Crippen LogP contribution in [0, 0.1) is 5.92 Å². The number of aromatic nitrogens is 2. The summed E-state index contributed by atoms with van der Waals surface area (Å²) in [4.78, 5) is 57.2. The van der Waals surface area contributed by atoms with Crippen LogP contribution in [-0.2, 0) is 16.0 Å². The number of imide groups is 1. The molecule has 0 saturated carbocycles. The molecule has 3 heterocycles. The molecular weight excluding hydrogens is 496 g/mol. The summed E-state index contributed by atoms with van der Waals surface area (Å²) in [5.41, 5.74) is 0.220. The van der Waals surface area contributed by atoms with Crippen LogP contribution in [0.5, 0.6) is 0 Å². The molecule has 196 valence electrons. The number of amides is 3. The SMILES string of the molecule is O=C(Nc1ccn(C2O[C@H](O)[C@@H](O)[C@@H]2CO)c(=O)n1)[C@H](Cc1ccccc1)N1C(=O)c2ccccc2C1=O. The Morgan fingerprint density at radius 3 is 2.21 bits per heavy atom. The number of nitrogens with one attached hydrogen (secondary N) is 1. The van der Waals surface area contributed by atoms with Crippen molar-refractivity contribution in [3.05, 3.63) is 94.0 Å². The van der Waals surface area contributed by atoms with E-state index in [1.807, 2.05) is 0 Å². The van der Waals surface area contributed by atoms with Crippen LogP contribution in [-0.4, -0.2) is 72.5 Å². The fraction of sp³-hybridized carbons (Fsp3) is 0.269. The summed E-state index contributed by atoms with van der Waals surface area (Å²) in [5, 5.41) is 31.8. The quantitative estimate of drug-likeness (QED) is 0.311. The Labute approximate surface area is 215 Å². The van der Waals surface area contributed by atoms with Crippen molar-refractivity contribution in [2.24, 2.45) is 5.92 Å². The first kappa shape index (κ1) is 25.4. The number of aliphatic hydroxyl groups is 3. The topological polar surface area (TPSA) is 171 Å². The van der Waals surface area contributed by atoms with Crippen molar-refractivity contribution in [1.29, 1.82) is 0 Å². The van der Waals surface area contributed by atoms with Crippen LogP contribution >= 0.6 is 0 Å². The van der Waals surface area contributed by atoms with E-state index in [1.54, 1.807) is 42.5 Å². The largest absolute Gasteiger partial charge is 0.396 e. The zero-order valence-corrected chi connectivity index (χ0v) is 19.9. The highest BCUT2D eigenvalue weighted by Gasteiger charge is 2.45. The molecule has 5 rings (SSSR count). The number of rotatable bonds is 7. The maximum Gasteiger partial charge on any atom is 0.351 e. The monoisotopic (exact) mass is 520 g/mol. The van der Waals surface area contributed by atoms with E-state index < -0.39 is 60.6 Å². The van der Waals surface area contributed by atoms with Crippen LogP contribution < -0.4 is 11.0 Å². The molecule has 3 aromatic rings. The first-order chi connectivity index (χ1) is 18.3. The average molecular weight is 520 g/mol. The predicted molar refractivity (Wildman–Crippen MR) is 131 cm³/mol. The van der Waals surface area contributed by atoms with E-state index in [2.05, 4.69) is 10.3 Å². The standard InChI is InChI=1S/C26H24N4O8/c31-13-17-20(32)25(36)38-24(17)29-11-10-19(28-26(29)37)27-21(33)18(12-14-6-2-1-3-7-14)30-22(34)15-8-4-5-9-16(15)23(30)35/h1-11,17-18,20,24-25,31-32,36H,12-13H2,(H,27,28,33,37)/t17-,18-,20-,24?,25-/m0/s1. The Morgan fingerprint density at radius 1 is 0.974 bits per heavy atom. The lowest BCUT2D eigenvalue weighted by Crippen LogP contribution is -2.48. The van der Waals surface area contributed by atoms with Gasteiger partial charge in [-0.1, -0.05) is 42.5 Å². The maximum absolute atomic E-state index is 13.5. The van der Waals surface area contributed by atoms with E-state index in [1.165, 1.54) is 24.4 Å². The molecule has 0 spiro atoms. The van der Waals surface area contributed by atoms with Crippen molar-refractivity contribution in [2.45, 2.75) is 31.1 Å². The van der Waals surface area contributed by atoms with Gasteiger partial charge in [-0.2, -0.15) is 4.98 Å². The van der Waals surface area contributed by atoms with Crippen LogP contribution in [0.15, 0.2) is 71.7 Å². The number of benzene rings is 2. The highest BCUT2D eigenvalue weighted by atomic mass is 16.6. The molecule has 2 aliphatic heterocycles. The van der Waals surface area contributed by atoms with E-state index in [4.69, 9.17) is 4.74 Å². The molecule has 1 fully saturated rings. The second-order valence-electron chi connectivity index (χ2n) is 8.98. The van der Waals surface area contributed by atoms with Crippen molar-refractivity contribution in [3.8, 4) is 0 Å². The van der Waals surface area contributed by atoms with Crippen molar-refractivity contribution in [3.63, 3.8) is 0 Å². The molecule has 38 heavy (non-hydrogen) atoms. The third-order valence-corrected chi connectivity index (χ3v) is 6.65. The van der Waals surface area contributed by atoms with Gasteiger partial charge in [0.1, 0.15) is 24.2 Å². The van der Waals surface area contributed by atoms with Crippen LogP contribution in [0.4, 0.5) is 5.82 Å². The van der Waals surface area contributed by atoms with Gasteiger partial charge in [-0.05, 0) is 23.8 Å². The smallest absolute Gasteiger partial charge is 0.351 e. The Morgan fingerprint density at radius 2 is 1.61 bits per heavy atom. The molecule has 0 radical (unpaired) electrons. The highest BCUT2D eigenvalue weighted by molar-refractivity contribution is 6.23. The van der Waals surface area contributed by atoms with Gasteiger partial charge in [0.05, 0.1) is 23.7 Å². The number of carbonyl (C=O) groups is 3.